The maximum atomic E-state index is 10.7. The third-order valence-corrected chi connectivity index (χ3v) is 3.11. The van der Waals surface area contributed by atoms with Crippen LogP contribution in [-0.2, 0) is 11.2 Å². The van der Waals surface area contributed by atoms with Gasteiger partial charge in [-0.25, -0.2) is 9.97 Å². The van der Waals surface area contributed by atoms with Crippen molar-refractivity contribution in [3.05, 3.63) is 42.6 Å². The van der Waals surface area contributed by atoms with E-state index in [0.717, 1.165) is 22.2 Å². The van der Waals surface area contributed by atoms with E-state index in [0.29, 0.717) is 12.1 Å². The Morgan fingerprint density at radius 1 is 1.25 bits per heavy atom. The molecule has 20 heavy (non-hydrogen) atoms. The van der Waals surface area contributed by atoms with Crippen molar-refractivity contribution in [3.8, 4) is 11.3 Å². The van der Waals surface area contributed by atoms with Gasteiger partial charge < -0.3 is 10.1 Å². The number of rotatable bonds is 4. The lowest BCUT2D eigenvalue weighted by molar-refractivity contribution is -0.136. The van der Waals surface area contributed by atoms with Crippen molar-refractivity contribution in [1.29, 1.82) is 0 Å². The second-order valence-electron chi connectivity index (χ2n) is 4.39. The number of aryl methyl sites for hydroxylation is 1. The zero-order chi connectivity index (χ0) is 13.9. The van der Waals surface area contributed by atoms with Crippen LogP contribution in [0.2, 0.25) is 0 Å². The van der Waals surface area contributed by atoms with Gasteiger partial charge in [-0.1, -0.05) is 0 Å². The molecule has 0 unspecified atom stereocenters. The molecule has 3 heterocycles. The Balaban J connectivity index is 2.12. The van der Waals surface area contributed by atoms with Gasteiger partial charge in [0.25, 0.3) is 0 Å². The number of hydrogen-bond acceptors (Lipinski definition) is 4. The van der Waals surface area contributed by atoms with Gasteiger partial charge in [0.1, 0.15) is 12.0 Å². The van der Waals surface area contributed by atoms with Crippen LogP contribution in [0.5, 0.6) is 0 Å². The molecule has 6 heteroatoms. The number of nitrogens with zero attached hydrogens (tertiary/aromatic N) is 3. The first kappa shape index (κ1) is 12.3. The monoisotopic (exact) mass is 268 g/mol. The summed E-state index contributed by atoms with van der Waals surface area (Å²) in [5.74, 6) is -0.818. The van der Waals surface area contributed by atoms with Crippen molar-refractivity contribution in [1.82, 2.24) is 19.9 Å². The minimum absolute atomic E-state index is 0.0810. The van der Waals surface area contributed by atoms with Crippen LogP contribution >= 0.6 is 0 Å². The van der Waals surface area contributed by atoms with Crippen LogP contribution in [-0.4, -0.2) is 31.0 Å². The first-order valence-corrected chi connectivity index (χ1v) is 6.19. The lowest BCUT2D eigenvalue weighted by atomic mass is 10.0. The molecule has 2 N–H and O–H groups in total. The molecule has 0 spiro atoms. The smallest absolute Gasteiger partial charge is 0.303 e. The molecule has 6 nitrogen and oxygen atoms in total. The lowest BCUT2D eigenvalue weighted by Crippen LogP contribution is -1.97. The minimum atomic E-state index is -0.818. The van der Waals surface area contributed by atoms with E-state index in [1.807, 2.05) is 12.1 Å². The first-order chi connectivity index (χ1) is 9.75. The molecule has 0 aliphatic heterocycles. The number of H-pyrrole nitrogens is 1. The highest BCUT2D eigenvalue weighted by molar-refractivity contribution is 5.93. The van der Waals surface area contributed by atoms with E-state index in [1.165, 1.54) is 6.33 Å². The van der Waals surface area contributed by atoms with Gasteiger partial charge in [-0.3, -0.25) is 9.78 Å². The maximum Gasteiger partial charge on any atom is 0.303 e. The summed E-state index contributed by atoms with van der Waals surface area (Å²) in [7, 11) is 0. The number of pyridine rings is 1. The summed E-state index contributed by atoms with van der Waals surface area (Å²) in [6.45, 7) is 0. The van der Waals surface area contributed by atoms with Crippen LogP contribution in [0.1, 0.15) is 12.0 Å². The summed E-state index contributed by atoms with van der Waals surface area (Å²) in [6, 6.07) is 3.74. The molecular formula is C14H12N4O2. The second-order valence-corrected chi connectivity index (χ2v) is 4.39. The number of aliphatic carboxylic acids is 1. The summed E-state index contributed by atoms with van der Waals surface area (Å²) < 4.78 is 0. The molecule has 0 radical (unpaired) electrons. The zero-order valence-electron chi connectivity index (χ0n) is 10.6. The van der Waals surface area contributed by atoms with Crippen molar-refractivity contribution in [2.24, 2.45) is 0 Å². The maximum absolute atomic E-state index is 10.7. The highest BCUT2D eigenvalue weighted by atomic mass is 16.4. The van der Waals surface area contributed by atoms with Crippen molar-refractivity contribution in [2.45, 2.75) is 12.8 Å². The number of hydrogen-bond donors (Lipinski definition) is 2. The molecule has 3 aromatic heterocycles. The summed E-state index contributed by atoms with van der Waals surface area (Å²) in [5, 5.41) is 9.70. The number of carboxylic acids is 1. The summed E-state index contributed by atoms with van der Waals surface area (Å²) in [4.78, 5) is 26.3. The number of carboxylic acid groups (broad SMARTS) is 1. The number of carbonyl (C=O) groups is 1. The number of fused-ring (bicyclic) bond motifs is 1. The molecule has 0 aromatic carbocycles. The van der Waals surface area contributed by atoms with Crippen molar-refractivity contribution >= 4 is 17.0 Å². The van der Waals surface area contributed by atoms with Gasteiger partial charge in [-0.2, -0.15) is 0 Å². The minimum Gasteiger partial charge on any atom is -0.481 e. The predicted octanol–water partition coefficient (Wildman–Crippen LogP) is 2.04. The van der Waals surface area contributed by atoms with E-state index in [2.05, 4.69) is 19.9 Å². The number of aromatic nitrogens is 4. The lowest BCUT2D eigenvalue weighted by Gasteiger charge is -2.04. The standard InChI is InChI=1S/C14H12N4O2/c19-11(20)2-1-10-7-16-14-12(10)13(17-8-18-14)9-3-5-15-6-4-9/h3-8H,1-2H2,(H,19,20)(H,16,17,18). The second kappa shape index (κ2) is 5.08. The first-order valence-electron chi connectivity index (χ1n) is 6.19. The molecule has 0 bridgehead atoms. The Labute approximate surface area is 114 Å². The highest BCUT2D eigenvalue weighted by Crippen LogP contribution is 2.28. The van der Waals surface area contributed by atoms with Gasteiger partial charge in [-0.05, 0) is 24.1 Å². The average Bonchev–Trinajstić information content (AvgIpc) is 2.89. The summed E-state index contributed by atoms with van der Waals surface area (Å²) in [5.41, 5.74) is 3.35. The van der Waals surface area contributed by atoms with Gasteiger partial charge in [0.2, 0.25) is 0 Å². The van der Waals surface area contributed by atoms with Crippen LogP contribution < -0.4 is 0 Å². The molecule has 0 fully saturated rings. The molecule has 0 atom stereocenters. The van der Waals surface area contributed by atoms with Gasteiger partial charge >= 0.3 is 5.97 Å². The van der Waals surface area contributed by atoms with E-state index >= 15 is 0 Å². The van der Waals surface area contributed by atoms with Crippen LogP contribution in [0.15, 0.2) is 37.1 Å². The topological polar surface area (TPSA) is 91.8 Å². The summed E-state index contributed by atoms with van der Waals surface area (Å²) >= 11 is 0. The van der Waals surface area contributed by atoms with Crippen molar-refractivity contribution < 1.29 is 9.90 Å². The fraction of sp³-hybridized carbons (Fsp3) is 0.143. The predicted molar refractivity (Wildman–Crippen MR) is 73.1 cm³/mol. The third kappa shape index (κ3) is 2.23. The van der Waals surface area contributed by atoms with E-state index in [4.69, 9.17) is 5.11 Å². The fourth-order valence-corrected chi connectivity index (χ4v) is 2.19. The normalized spacial score (nSPS) is 10.8. The van der Waals surface area contributed by atoms with Crippen molar-refractivity contribution in [2.75, 3.05) is 0 Å². The Morgan fingerprint density at radius 3 is 2.80 bits per heavy atom. The van der Waals surface area contributed by atoms with E-state index in [9.17, 15) is 4.79 Å². The van der Waals surface area contributed by atoms with Gasteiger partial charge in [0.05, 0.1) is 5.69 Å². The van der Waals surface area contributed by atoms with Crippen LogP contribution in [0.4, 0.5) is 0 Å². The van der Waals surface area contributed by atoms with Gasteiger partial charge in [0.15, 0.2) is 0 Å². The van der Waals surface area contributed by atoms with Crippen LogP contribution in [0.3, 0.4) is 0 Å². The largest absolute Gasteiger partial charge is 0.481 e. The van der Waals surface area contributed by atoms with E-state index < -0.39 is 5.97 Å². The van der Waals surface area contributed by atoms with Crippen LogP contribution in [0, 0.1) is 0 Å². The fourth-order valence-electron chi connectivity index (χ4n) is 2.19. The molecule has 0 aliphatic rings. The Kier molecular flexibility index (Phi) is 3.12. The third-order valence-electron chi connectivity index (χ3n) is 3.11. The SMILES string of the molecule is O=C(O)CCc1c[nH]c2ncnc(-c3ccncc3)c12. The van der Waals surface area contributed by atoms with E-state index in [1.54, 1.807) is 18.6 Å². The molecule has 100 valence electrons. The molecule has 0 saturated carbocycles. The molecule has 0 amide bonds. The molecule has 3 rings (SSSR count). The zero-order valence-corrected chi connectivity index (χ0v) is 10.6. The molecule has 0 saturated heterocycles. The Morgan fingerprint density at radius 2 is 2.05 bits per heavy atom. The highest BCUT2D eigenvalue weighted by Gasteiger charge is 2.13. The molecular weight excluding hydrogens is 256 g/mol. The summed E-state index contributed by atoms with van der Waals surface area (Å²) in [6.07, 6.45) is 7.22. The van der Waals surface area contributed by atoms with Crippen molar-refractivity contribution in [3.63, 3.8) is 0 Å². The number of aromatic amines is 1. The van der Waals surface area contributed by atoms with Crippen LogP contribution in [0.25, 0.3) is 22.3 Å². The Bertz CT molecular complexity index is 752. The van der Waals surface area contributed by atoms with Gasteiger partial charge in [0, 0.05) is 36.0 Å². The average molecular weight is 268 g/mol. The molecule has 3 aromatic rings. The van der Waals surface area contributed by atoms with Gasteiger partial charge in [-0.15, -0.1) is 0 Å². The molecule has 0 aliphatic carbocycles. The van der Waals surface area contributed by atoms with E-state index in [-0.39, 0.29) is 6.42 Å². The number of nitrogens with one attached hydrogen (secondary N) is 1. The Hall–Kier alpha value is -2.76. The quantitative estimate of drug-likeness (QED) is 0.755.